The second-order valence-electron chi connectivity index (χ2n) is 5.68. The van der Waals surface area contributed by atoms with Crippen molar-refractivity contribution in [1.82, 2.24) is 20.3 Å². The van der Waals surface area contributed by atoms with Crippen LogP contribution >= 0.6 is 31.9 Å². The Morgan fingerprint density at radius 1 is 1.12 bits per heavy atom. The molecule has 3 aromatic rings. The summed E-state index contributed by atoms with van der Waals surface area (Å²) in [7, 11) is 0. The van der Waals surface area contributed by atoms with E-state index in [4.69, 9.17) is 0 Å². The number of halogens is 2. The van der Waals surface area contributed by atoms with E-state index in [2.05, 4.69) is 47.5 Å². The van der Waals surface area contributed by atoms with E-state index in [0.717, 1.165) is 25.8 Å². The van der Waals surface area contributed by atoms with E-state index < -0.39 is 0 Å². The topological polar surface area (TPSA) is 59.8 Å². The van der Waals surface area contributed by atoms with E-state index in [9.17, 15) is 4.79 Å². The van der Waals surface area contributed by atoms with Gasteiger partial charge >= 0.3 is 0 Å². The van der Waals surface area contributed by atoms with E-state index in [1.165, 1.54) is 0 Å². The highest BCUT2D eigenvalue weighted by atomic mass is 79.9. The van der Waals surface area contributed by atoms with Gasteiger partial charge < -0.3 is 5.32 Å². The smallest absolute Gasteiger partial charge is 0.274 e. The van der Waals surface area contributed by atoms with Crippen LogP contribution in [-0.4, -0.2) is 20.9 Å². The summed E-state index contributed by atoms with van der Waals surface area (Å²) in [5.74, 6) is -0.236. The highest BCUT2D eigenvalue weighted by Crippen LogP contribution is 2.20. The number of carbonyl (C=O) groups is 1. The maximum Gasteiger partial charge on any atom is 0.274 e. The molecule has 1 amide bonds. The molecular weight excluding hydrogens is 448 g/mol. The Balaban J connectivity index is 1.76. The predicted octanol–water partition coefficient (Wildman–Crippen LogP) is 4.34. The molecule has 0 unspecified atom stereocenters. The van der Waals surface area contributed by atoms with Gasteiger partial charge in [-0.1, -0.05) is 49.2 Å². The zero-order valence-electron chi connectivity index (χ0n) is 13.8. The molecule has 0 aliphatic heterocycles. The van der Waals surface area contributed by atoms with Gasteiger partial charge in [0.25, 0.3) is 5.91 Å². The van der Waals surface area contributed by atoms with Gasteiger partial charge in [-0.3, -0.25) is 4.79 Å². The second kappa shape index (κ2) is 7.49. The number of hydrogen-bond donors (Lipinski definition) is 1. The molecule has 0 fully saturated rings. The van der Waals surface area contributed by atoms with Gasteiger partial charge in [-0.2, -0.15) is 0 Å². The molecule has 3 rings (SSSR count). The summed E-state index contributed by atoms with van der Waals surface area (Å²) in [4.78, 5) is 12.4. The third-order valence-corrected chi connectivity index (χ3v) is 5.28. The Hall–Kier alpha value is -1.99. The third kappa shape index (κ3) is 3.99. The van der Waals surface area contributed by atoms with Gasteiger partial charge in [0, 0.05) is 15.5 Å². The Morgan fingerprint density at radius 3 is 2.52 bits per heavy atom. The Morgan fingerprint density at radius 2 is 1.84 bits per heavy atom. The normalized spacial score (nSPS) is 10.7. The van der Waals surface area contributed by atoms with Gasteiger partial charge in [0.1, 0.15) is 0 Å². The lowest BCUT2D eigenvalue weighted by molar-refractivity contribution is 0.0945. The van der Waals surface area contributed by atoms with Crippen molar-refractivity contribution >= 4 is 37.8 Å². The van der Waals surface area contributed by atoms with E-state index in [-0.39, 0.29) is 5.91 Å². The maximum absolute atomic E-state index is 12.4. The first-order valence-corrected chi connectivity index (χ1v) is 9.26. The summed E-state index contributed by atoms with van der Waals surface area (Å²) >= 11 is 6.88. The van der Waals surface area contributed by atoms with Crippen molar-refractivity contribution in [3.8, 4) is 5.69 Å². The molecule has 0 aliphatic rings. The minimum absolute atomic E-state index is 0.236. The largest absolute Gasteiger partial charge is 0.347 e. The van der Waals surface area contributed by atoms with Crippen molar-refractivity contribution in [3.05, 3.63) is 73.9 Å². The monoisotopic (exact) mass is 462 g/mol. The first kappa shape index (κ1) is 17.8. The third-order valence-electron chi connectivity index (χ3n) is 3.86. The van der Waals surface area contributed by atoms with Crippen LogP contribution in [0, 0.1) is 13.8 Å². The van der Waals surface area contributed by atoms with Crippen LogP contribution in [-0.2, 0) is 6.54 Å². The fourth-order valence-electron chi connectivity index (χ4n) is 2.41. The standard InChI is InChI=1S/C18H16Br2N4O/c1-11-9-15(7-8-16(11)20)24-12(2)17(22-23-24)18(25)21-10-13-3-5-14(19)6-4-13/h3-9H,10H2,1-2H3,(H,21,25). The van der Waals surface area contributed by atoms with Gasteiger partial charge in [0.2, 0.25) is 0 Å². The van der Waals surface area contributed by atoms with Crippen molar-refractivity contribution < 1.29 is 4.79 Å². The summed E-state index contributed by atoms with van der Waals surface area (Å²) < 4.78 is 3.71. The van der Waals surface area contributed by atoms with Crippen LogP contribution in [0.3, 0.4) is 0 Å². The molecule has 1 heterocycles. The molecule has 0 radical (unpaired) electrons. The lowest BCUT2D eigenvalue weighted by Crippen LogP contribution is -2.24. The summed E-state index contributed by atoms with van der Waals surface area (Å²) in [6, 6.07) is 13.7. The molecule has 0 saturated heterocycles. The van der Waals surface area contributed by atoms with Gasteiger partial charge in [-0.05, 0) is 55.3 Å². The molecule has 1 aromatic heterocycles. The number of benzene rings is 2. The summed E-state index contributed by atoms with van der Waals surface area (Å²) in [6.45, 7) is 4.29. The molecule has 1 N–H and O–H groups in total. The van der Waals surface area contributed by atoms with Crippen LogP contribution in [0.4, 0.5) is 0 Å². The summed E-state index contributed by atoms with van der Waals surface area (Å²) in [5, 5.41) is 11.1. The number of aromatic nitrogens is 3. The first-order valence-electron chi connectivity index (χ1n) is 7.67. The van der Waals surface area contributed by atoms with Crippen LogP contribution < -0.4 is 5.32 Å². The molecule has 5 nitrogen and oxygen atoms in total. The quantitative estimate of drug-likeness (QED) is 0.626. The SMILES string of the molecule is Cc1cc(-n2nnc(C(=O)NCc3ccc(Br)cc3)c2C)ccc1Br. The Labute approximate surface area is 162 Å². The fourth-order valence-corrected chi connectivity index (χ4v) is 2.92. The van der Waals surface area contributed by atoms with Crippen LogP contribution in [0.5, 0.6) is 0 Å². The van der Waals surface area contributed by atoms with Gasteiger partial charge in [0.05, 0.1) is 11.4 Å². The molecule has 7 heteroatoms. The highest BCUT2D eigenvalue weighted by Gasteiger charge is 2.17. The molecule has 0 aliphatic carbocycles. The molecule has 0 atom stereocenters. The molecule has 0 bridgehead atoms. The van der Waals surface area contributed by atoms with Crippen LogP contribution in [0.25, 0.3) is 5.69 Å². The summed E-state index contributed by atoms with van der Waals surface area (Å²) in [5.41, 5.74) is 4.02. The lowest BCUT2D eigenvalue weighted by Gasteiger charge is -2.07. The average Bonchev–Trinajstić information content (AvgIpc) is 2.98. The fraction of sp³-hybridized carbons (Fsp3) is 0.167. The van der Waals surface area contributed by atoms with Crippen molar-refractivity contribution in [2.24, 2.45) is 0 Å². The van der Waals surface area contributed by atoms with Crippen LogP contribution in [0.2, 0.25) is 0 Å². The molecule has 0 saturated carbocycles. The number of nitrogens with zero attached hydrogens (tertiary/aromatic N) is 3. The minimum Gasteiger partial charge on any atom is -0.347 e. The first-order chi connectivity index (χ1) is 12.0. The van der Waals surface area contributed by atoms with E-state index >= 15 is 0 Å². The Kier molecular flexibility index (Phi) is 5.34. The Bertz CT molecular complexity index is 919. The lowest BCUT2D eigenvalue weighted by atomic mass is 10.2. The number of carbonyl (C=O) groups excluding carboxylic acids is 1. The molecular formula is C18H16Br2N4O. The second-order valence-corrected chi connectivity index (χ2v) is 7.45. The average molecular weight is 464 g/mol. The zero-order chi connectivity index (χ0) is 18.0. The maximum atomic E-state index is 12.4. The van der Waals surface area contributed by atoms with Crippen LogP contribution in [0.15, 0.2) is 51.4 Å². The highest BCUT2D eigenvalue weighted by molar-refractivity contribution is 9.10. The molecule has 25 heavy (non-hydrogen) atoms. The number of aryl methyl sites for hydroxylation is 1. The van der Waals surface area contributed by atoms with Gasteiger partial charge in [-0.25, -0.2) is 4.68 Å². The van der Waals surface area contributed by atoms with Crippen molar-refractivity contribution in [3.63, 3.8) is 0 Å². The van der Waals surface area contributed by atoms with Crippen molar-refractivity contribution in [1.29, 1.82) is 0 Å². The number of nitrogens with one attached hydrogen (secondary N) is 1. The van der Waals surface area contributed by atoms with E-state index in [1.54, 1.807) is 4.68 Å². The minimum atomic E-state index is -0.236. The van der Waals surface area contributed by atoms with Gasteiger partial charge in [-0.15, -0.1) is 5.10 Å². The molecule has 2 aromatic carbocycles. The van der Waals surface area contributed by atoms with Crippen LogP contribution in [0.1, 0.15) is 27.3 Å². The summed E-state index contributed by atoms with van der Waals surface area (Å²) in [6.07, 6.45) is 0. The molecule has 128 valence electrons. The number of rotatable bonds is 4. The zero-order valence-corrected chi connectivity index (χ0v) is 16.9. The van der Waals surface area contributed by atoms with Crippen molar-refractivity contribution in [2.75, 3.05) is 0 Å². The number of amides is 1. The van der Waals surface area contributed by atoms with Gasteiger partial charge in [0.15, 0.2) is 5.69 Å². The molecule has 0 spiro atoms. The van der Waals surface area contributed by atoms with E-state index in [0.29, 0.717) is 17.9 Å². The number of hydrogen-bond acceptors (Lipinski definition) is 3. The predicted molar refractivity (Wildman–Crippen MR) is 104 cm³/mol. The van der Waals surface area contributed by atoms with E-state index in [1.807, 2.05) is 56.3 Å². The van der Waals surface area contributed by atoms with Crippen molar-refractivity contribution in [2.45, 2.75) is 20.4 Å².